The highest BCUT2D eigenvalue weighted by Gasteiger charge is 2.11. The Hall–Kier alpha value is -1.88. The number of nitrogens with zero attached hydrogens (tertiary/aromatic N) is 2. The Kier molecular flexibility index (Phi) is 3.46. The monoisotopic (exact) mass is 259 g/mol. The Labute approximate surface area is 111 Å². The van der Waals surface area contributed by atoms with Crippen LogP contribution in [0, 0.1) is 0 Å². The number of hydrogen-bond acceptors (Lipinski definition) is 5. The lowest BCUT2D eigenvalue weighted by atomic mass is 10.1. The van der Waals surface area contributed by atoms with E-state index in [0.717, 1.165) is 12.2 Å². The van der Waals surface area contributed by atoms with Crippen molar-refractivity contribution in [3.8, 4) is 5.75 Å². The highest BCUT2D eigenvalue weighted by atomic mass is 16.5. The standard InChI is InChI=1S/C14H17N3O2/c15-9-14-17-16-13(19-14)6-7-18-12-5-4-10-2-1-3-11(10)8-12/h4-5,8H,1-3,6-7,9,15H2. The van der Waals surface area contributed by atoms with Gasteiger partial charge in [0.2, 0.25) is 11.8 Å². The molecule has 0 atom stereocenters. The summed E-state index contributed by atoms with van der Waals surface area (Å²) in [6.07, 6.45) is 4.21. The largest absolute Gasteiger partial charge is 0.493 e. The van der Waals surface area contributed by atoms with Gasteiger partial charge in [-0.2, -0.15) is 0 Å². The number of benzene rings is 1. The minimum atomic E-state index is 0.276. The second kappa shape index (κ2) is 5.40. The smallest absolute Gasteiger partial charge is 0.230 e. The van der Waals surface area contributed by atoms with E-state index < -0.39 is 0 Å². The van der Waals surface area contributed by atoms with Gasteiger partial charge in [-0.15, -0.1) is 10.2 Å². The number of ether oxygens (including phenoxy) is 1. The fourth-order valence-electron chi connectivity index (χ4n) is 2.37. The maximum atomic E-state index is 5.72. The number of fused-ring (bicyclic) bond motifs is 1. The molecule has 0 bridgehead atoms. The molecule has 0 fully saturated rings. The zero-order valence-electron chi connectivity index (χ0n) is 10.8. The third kappa shape index (κ3) is 2.76. The highest BCUT2D eigenvalue weighted by molar-refractivity contribution is 5.38. The van der Waals surface area contributed by atoms with E-state index in [2.05, 4.69) is 22.3 Å². The van der Waals surface area contributed by atoms with Crippen molar-refractivity contribution < 1.29 is 9.15 Å². The van der Waals surface area contributed by atoms with Crippen molar-refractivity contribution in [3.05, 3.63) is 41.1 Å². The Morgan fingerprint density at radius 2 is 2.00 bits per heavy atom. The first-order valence-corrected chi connectivity index (χ1v) is 6.61. The Morgan fingerprint density at radius 1 is 1.16 bits per heavy atom. The number of rotatable bonds is 5. The zero-order chi connectivity index (χ0) is 13.1. The predicted octanol–water partition coefficient (Wildman–Crippen LogP) is 1.64. The molecule has 1 aliphatic rings. The van der Waals surface area contributed by atoms with Gasteiger partial charge in [-0.3, -0.25) is 0 Å². The molecule has 0 spiro atoms. The number of nitrogens with two attached hydrogens (primary N) is 1. The van der Waals surface area contributed by atoms with Gasteiger partial charge in [0, 0.05) is 0 Å². The lowest BCUT2D eigenvalue weighted by Gasteiger charge is -2.06. The van der Waals surface area contributed by atoms with Crippen molar-refractivity contribution in [2.24, 2.45) is 5.73 Å². The Bertz CT molecular complexity index is 566. The summed E-state index contributed by atoms with van der Waals surface area (Å²) >= 11 is 0. The van der Waals surface area contributed by atoms with Crippen molar-refractivity contribution in [3.63, 3.8) is 0 Å². The van der Waals surface area contributed by atoms with E-state index in [9.17, 15) is 0 Å². The molecule has 1 aromatic carbocycles. The van der Waals surface area contributed by atoms with Crippen molar-refractivity contribution >= 4 is 0 Å². The molecule has 0 radical (unpaired) electrons. The average molecular weight is 259 g/mol. The van der Waals surface area contributed by atoms with Gasteiger partial charge in [-0.1, -0.05) is 6.07 Å². The fraction of sp³-hybridized carbons (Fsp3) is 0.429. The van der Waals surface area contributed by atoms with Crippen LogP contribution in [0.1, 0.15) is 29.3 Å². The van der Waals surface area contributed by atoms with Gasteiger partial charge >= 0.3 is 0 Å². The number of aromatic nitrogens is 2. The molecule has 5 heteroatoms. The molecule has 100 valence electrons. The van der Waals surface area contributed by atoms with Gasteiger partial charge in [0.1, 0.15) is 5.75 Å². The SMILES string of the molecule is NCc1nnc(CCOc2ccc3c(c2)CCC3)o1. The summed E-state index contributed by atoms with van der Waals surface area (Å²) in [5.41, 5.74) is 8.28. The molecular weight excluding hydrogens is 242 g/mol. The van der Waals surface area contributed by atoms with E-state index in [1.54, 1.807) is 0 Å². The topological polar surface area (TPSA) is 74.2 Å². The van der Waals surface area contributed by atoms with E-state index in [1.165, 1.54) is 24.0 Å². The second-order valence-electron chi connectivity index (χ2n) is 4.68. The van der Waals surface area contributed by atoms with Crippen LogP contribution in [0.4, 0.5) is 0 Å². The maximum Gasteiger partial charge on any atom is 0.230 e. The van der Waals surface area contributed by atoms with E-state index in [4.69, 9.17) is 14.9 Å². The summed E-state index contributed by atoms with van der Waals surface area (Å²) in [5, 5.41) is 7.71. The van der Waals surface area contributed by atoms with Crippen molar-refractivity contribution in [1.82, 2.24) is 10.2 Å². The molecule has 0 saturated heterocycles. The summed E-state index contributed by atoms with van der Waals surface area (Å²) in [6, 6.07) is 6.33. The molecule has 5 nitrogen and oxygen atoms in total. The lowest BCUT2D eigenvalue weighted by molar-refractivity contribution is 0.303. The molecule has 19 heavy (non-hydrogen) atoms. The highest BCUT2D eigenvalue weighted by Crippen LogP contribution is 2.26. The van der Waals surface area contributed by atoms with E-state index in [0.29, 0.717) is 24.8 Å². The van der Waals surface area contributed by atoms with Crippen LogP contribution in [0.25, 0.3) is 0 Å². The quantitative estimate of drug-likeness (QED) is 0.883. The molecular formula is C14H17N3O2. The summed E-state index contributed by atoms with van der Waals surface area (Å²) in [6.45, 7) is 0.809. The van der Waals surface area contributed by atoms with Gasteiger partial charge < -0.3 is 14.9 Å². The average Bonchev–Trinajstić information content (AvgIpc) is 3.06. The van der Waals surface area contributed by atoms with Gasteiger partial charge in [-0.25, -0.2) is 0 Å². The molecule has 1 aromatic heterocycles. The molecule has 0 unspecified atom stereocenters. The third-order valence-electron chi connectivity index (χ3n) is 3.34. The lowest BCUT2D eigenvalue weighted by Crippen LogP contribution is -2.02. The van der Waals surface area contributed by atoms with Crippen molar-refractivity contribution in [1.29, 1.82) is 0 Å². The number of aryl methyl sites for hydroxylation is 2. The first-order valence-electron chi connectivity index (χ1n) is 6.61. The van der Waals surface area contributed by atoms with Gasteiger partial charge in [0.05, 0.1) is 19.6 Å². The molecule has 2 N–H and O–H groups in total. The van der Waals surface area contributed by atoms with Gasteiger partial charge in [-0.05, 0) is 42.5 Å². The van der Waals surface area contributed by atoms with Crippen molar-refractivity contribution in [2.75, 3.05) is 6.61 Å². The summed E-state index contributed by atoms with van der Waals surface area (Å²) < 4.78 is 11.0. The zero-order valence-corrected chi connectivity index (χ0v) is 10.8. The van der Waals surface area contributed by atoms with Crippen molar-refractivity contribution in [2.45, 2.75) is 32.2 Å². The summed E-state index contributed by atoms with van der Waals surface area (Å²) in [5.74, 6) is 1.95. The Morgan fingerprint density at radius 3 is 2.84 bits per heavy atom. The minimum Gasteiger partial charge on any atom is -0.493 e. The maximum absolute atomic E-state index is 5.72. The van der Waals surface area contributed by atoms with E-state index in [1.807, 2.05) is 6.07 Å². The Balaban J connectivity index is 1.54. The molecule has 0 saturated carbocycles. The van der Waals surface area contributed by atoms with Crippen LogP contribution in [0.2, 0.25) is 0 Å². The molecule has 1 aliphatic carbocycles. The fourth-order valence-corrected chi connectivity index (χ4v) is 2.37. The normalized spacial score (nSPS) is 13.5. The van der Waals surface area contributed by atoms with E-state index in [-0.39, 0.29) is 6.54 Å². The van der Waals surface area contributed by atoms with Crippen LogP contribution in [0.15, 0.2) is 22.6 Å². The summed E-state index contributed by atoms with van der Waals surface area (Å²) in [4.78, 5) is 0. The van der Waals surface area contributed by atoms with Crippen LogP contribution in [0.5, 0.6) is 5.75 Å². The van der Waals surface area contributed by atoms with Gasteiger partial charge in [0.15, 0.2) is 0 Å². The second-order valence-corrected chi connectivity index (χ2v) is 4.68. The van der Waals surface area contributed by atoms with E-state index >= 15 is 0 Å². The predicted molar refractivity (Wildman–Crippen MR) is 69.9 cm³/mol. The van der Waals surface area contributed by atoms with Crippen LogP contribution in [0.3, 0.4) is 0 Å². The third-order valence-corrected chi connectivity index (χ3v) is 3.34. The van der Waals surface area contributed by atoms with Crippen LogP contribution in [-0.2, 0) is 25.8 Å². The van der Waals surface area contributed by atoms with Crippen LogP contribution in [-0.4, -0.2) is 16.8 Å². The van der Waals surface area contributed by atoms with Crippen LogP contribution < -0.4 is 10.5 Å². The molecule has 0 amide bonds. The minimum absolute atomic E-state index is 0.276. The summed E-state index contributed by atoms with van der Waals surface area (Å²) in [7, 11) is 0. The first kappa shape index (κ1) is 12.2. The molecule has 0 aliphatic heterocycles. The first-order chi connectivity index (χ1) is 9.35. The molecule has 3 rings (SSSR count). The van der Waals surface area contributed by atoms with Gasteiger partial charge in [0.25, 0.3) is 0 Å². The molecule has 1 heterocycles. The van der Waals surface area contributed by atoms with Crippen LogP contribution >= 0.6 is 0 Å². The number of hydrogen-bond donors (Lipinski definition) is 1. The molecule has 2 aromatic rings.